The van der Waals surface area contributed by atoms with Crippen LogP contribution in [0.5, 0.6) is 0 Å². The van der Waals surface area contributed by atoms with E-state index < -0.39 is 0 Å². The van der Waals surface area contributed by atoms with Crippen LogP contribution in [0.3, 0.4) is 0 Å². The Kier molecular flexibility index (Phi) is 3.64. The lowest BCUT2D eigenvalue weighted by atomic mass is 10.2. The standard InChI is InChI=1S/C13H18N2O2/c1-9(2)6-14-8-13-15-7-12(17-13)11-4-5-16-10(11)3/h4-5,7,9,14H,6,8H2,1-3H3. The average Bonchev–Trinajstić information content (AvgIpc) is 2.86. The van der Waals surface area contributed by atoms with Crippen LogP contribution in [-0.2, 0) is 6.54 Å². The summed E-state index contributed by atoms with van der Waals surface area (Å²) in [7, 11) is 0. The van der Waals surface area contributed by atoms with Gasteiger partial charge in [-0.3, -0.25) is 0 Å². The Morgan fingerprint density at radius 2 is 2.24 bits per heavy atom. The van der Waals surface area contributed by atoms with Crippen LogP contribution in [0.1, 0.15) is 25.5 Å². The topological polar surface area (TPSA) is 51.2 Å². The molecular formula is C13H18N2O2. The summed E-state index contributed by atoms with van der Waals surface area (Å²) in [4.78, 5) is 4.24. The minimum absolute atomic E-state index is 0.626. The first kappa shape index (κ1) is 11.9. The Hall–Kier alpha value is -1.55. The van der Waals surface area contributed by atoms with Crippen molar-refractivity contribution in [1.29, 1.82) is 0 Å². The SMILES string of the molecule is Cc1occc1-c1cnc(CNCC(C)C)o1. The third-order valence-corrected chi connectivity index (χ3v) is 2.51. The third kappa shape index (κ3) is 2.97. The molecule has 0 amide bonds. The summed E-state index contributed by atoms with van der Waals surface area (Å²) in [5.41, 5.74) is 0.965. The highest BCUT2D eigenvalue weighted by Crippen LogP contribution is 2.24. The molecule has 0 atom stereocenters. The van der Waals surface area contributed by atoms with Gasteiger partial charge < -0.3 is 14.2 Å². The number of aromatic nitrogens is 1. The molecule has 17 heavy (non-hydrogen) atoms. The second-order valence-corrected chi connectivity index (χ2v) is 4.53. The molecule has 4 heteroatoms. The predicted octanol–water partition coefficient (Wildman–Crippen LogP) is 2.99. The fourth-order valence-electron chi connectivity index (χ4n) is 1.62. The maximum atomic E-state index is 5.66. The largest absolute Gasteiger partial charge is 0.469 e. The fraction of sp³-hybridized carbons (Fsp3) is 0.462. The van der Waals surface area contributed by atoms with Gasteiger partial charge in [0, 0.05) is 0 Å². The molecule has 0 aliphatic heterocycles. The summed E-state index contributed by atoms with van der Waals surface area (Å²) in [5, 5.41) is 3.29. The molecule has 1 N–H and O–H groups in total. The first-order valence-corrected chi connectivity index (χ1v) is 5.86. The first-order chi connectivity index (χ1) is 8.16. The number of nitrogens with zero attached hydrogens (tertiary/aromatic N) is 1. The third-order valence-electron chi connectivity index (χ3n) is 2.51. The van der Waals surface area contributed by atoms with Gasteiger partial charge in [0.25, 0.3) is 0 Å². The predicted molar refractivity (Wildman–Crippen MR) is 65.5 cm³/mol. The maximum Gasteiger partial charge on any atom is 0.208 e. The van der Waals surface area contributed by atoms with Crippen molar-refractivity contribution < 1.29 is 8.83 Å². The van der Waals surface area contributed by atoms with Crippen LogP contribution in [-0.4, -0.2) is 11.5 Å². The van der Waals surface area contributed by atoms with E-state index in [-0.39, 0.29) is 0 Å². The Labute approximate surface area is 101 Å². The molecule has 0 bridgehead atoms. The number of hydrogen-bond acceptors (Lipinski definition) is 4. The lowest BCUT2D eigenvalue weighted by Crippen LogP contribution is -2.18. The van der Waals surface area contributed by atoms with E-state index in [1.807, 2.05) is 13.0 Å². The van der Waals surface area contributed by atoms with Gasteiger partial charge in [0.15, 0.2) is 5.76 Å². The number of aryl methyl sites for hydroxylation is 1. The van der Waals surface area contributed by atoms with E-state index in [9.17, 15) is 0 Å². The lowest BCUT2D eigenvalue weighted by molar-refractivity contribution is 0.458. The number of hydrogen-bond donors (Lipinski definition) is 1. The summed E-state index contributed by atoms with van der Waals surface area (Å²) in [6.07, 6.45) is 3.40. The maximum absolute atomic E-state index is 5.66. The van der Waals surface area contributed by atoms with Crippen LogP contribution in [0.4, 0.5) is 0 Å². The van der Waals surface area contributed by atoms with Gasteiger partial charge in [0.05, 0.1) is 24.6 Å². The van der Waals surface area contributed by atoms with Crippen LogP contribution in [0, 0.1) is 12.8 Å². The Bertz CT molecular complexity index is 471. The van der Waals surface area contributed by atoms with Gasteiger partial charge in [-0.25, -0.2) is 4.98 Å². The van der Waals surface area contributed by atoms with Gasteiger partial charge >= 0.3 is 0 Å². The molecular weight excluding hydrogens is 216 g/mol. The summed E-state index contributed by atoms with van der Waals surface area (Å²) in [5.74, 6) is 2.95. The molecule has 0 spiro atoms. The van der Waals surface area contributed by atoms with Crippen molar-refractivity contribution in [3.05, 3.63) is 30.2 Å². The van der Waals surface area contributed by atoms with E-state index in [1.165, 1.54) is 0 Å². The monoisotopic (exact) mass is 234 g/mol. The van der Waals surface area contributed by atoms with Crippen LogP contribution < -0.4 is 5.32 Å². The van der Waals surface area contributed by atoms with Gasteiger partial charge in [-0.2, -0.15) is 0 Å². The highest BCUT2D eigenvalue weighted by Gasteiger charge is 2.10. The number of furan rings is 1. The van der Waals surface area contributed by atoms with E-state index in [0.29, 0.717) is 18.4 Å². The van der Waals surface area contributed by atoms with Crippen molar-refractivity contribution in [3.8, 4) is 11.3 Å². The molecule has 2 rings (SSSR count). The smallest absolute Gasteiger partial charge is 0.208 e. The molecule has 92 valence electrons. The second kappa shape index (κ2) is 5.19. The van der Waals surface area contributed by atoms with Crippen molar-refractivity contribution in [2.45, 2.75) is 27.3 Å². The molecule has 0 aromatic carbocycles. The van der Waals surface area contributed by atoms with E-state index in [4.69, 9.17) is 8.83 Å². The van der Waals surface area contributed by atoms with Crippen molar-refractivity contribution in [3.63, 3.8) is 0 Å². The molecule has 0 aliphatic carbocycles. The summed E-state index contributed by atoms with van der Waals surface area (Å²) in [6, 6.07) is 1.89. The number of rotatable bonds is 5. The Balaban J connectivity index is 1.99. The zero-order valence-electron chi connectivity index (χ0n) is 10.5. The van der Waals surface area contributed by atoms with Crippen molar-refractivity contribution in [1.82, 2.24) is 10.3 Å². The molecule has 0 saturated heterocycles. The van der Waals surface area contributed by atoms with E-state index in [2.05, 4.69) is 24.1 Å². The lowest BCUT2D eigenvalue weighted by Gasteiger charge is -2.04. The van der Waals surface area contributed by atoms with E-state index >= 15 is 0 Å². The van der Waals surface area contributed by atoms with Crippen molar-refractivity contribution in [2.75, 3.05) is 6.54 Å². The first-order valence-electron chi connectivity index (χ1n) is 5.86. The Morgan fingerprint density at radius 1 is 1.41 bits per heavy atom. The average molecular weight is 234 g/mol. The molecule has 4 nitrogen and oxygen atoms in total. The van der Waals surface area contributed by atoms with Crippen LogP contribution in [0.2, 0.25) is 0 Å². The number of nitrogens with one attached hydrogen (secondary N) is 1. The molecule has 2 aromatic heterocycles. The highest BCUT2D eigenvalue weighted by atomic mass is 16.4. The van der Waals surface area contributed by atoms with Crippen LogP contribution >= 0.6 is 0 Å². The van der Waals surface area contributed by atoms with Gasteiger partial charge in [-0.1, -0.05) is 13.8 Å². The fourth-order valence-corrected chi connectivity index (χ4v) is 1.62. The zero-order chi connectivity index (χ0) is 12.3. The summed E-state index contributed by atoms with van der Waals surface area (Å²) >= 11 is 0. The zero-order valence-corrected chi connectivity index (χ0v) is 10.5. The Morgan fingerprint density at radius 3 is 2.88 bits per heavy atom. The molecule has 0 fully saturated rings. The van der Waals surface area contributed by atoms with Crippen molar-refractivity contribution in [2.24, 2.45) is 5.92 Å². The quantitative estimate of drug-likeness (QED) is 0.864. The van der Waals surface area contributed by atoms with Gasteiger partial charge in [0.2, 0.25) is 5.89 Å². The summed E-state index contributed by atoms with van der Waals surface area (Å²) < 4.78 is 10.9. The second-order valence-electron chi connectivity index (χ2n) is 4.53. The normalized spacial score (nSPS) is 11.3. The van der Waals surface area contributed by atoms with Gasteiger partial charge in [-0.05, 0) is 25.5 Å². The minimum Gasteiger partial charge on any atom is -0.469 e. The molecule has 0 unspecified atom stereocenters. The summed E-state index contributed by atoms with van der Waals surface area (Å²) in [6.45, 7) is 7.87. The molecule has 0 saturated carbocycles. The minimum atomic E-state index is 0.626. The van der Waals surface area contributed by atoms with Crippen LogP contribution in [0.15, 0.2) is 27.4 Å². The molecule has 0 radical (unpaired) electrons. The highest BCUT2D eigenvalue weighted by molar-refractivity contribution is 5.58. The van der Waals surface area contributed by atoms with E-state index in [1.54, 1.807) is 12.5 Å². The molecule has 0 aliphatic rings. The van der Waals surface area contributed by atoms with Crippen molar-refractivity contribution >= 4 is 0 Å². The van der Waals surface area contributed by atoms with Gasteiger partial charge in [0.1, 0.15) is 5.76 Å². The molecule has 2 aromatic rings. The number of oxazole rings is 1. The van der Waals surface area contributed by atoms with E-state index in [0.717, 1.165) is 23.6 Å². The molecule has 2 heterocycles. The van der Waals surface area contributed by atoms with Crippen LogP contribution in [0.25, 0.3) is 11.3 Å². The van der Waals surface area contributed by atoms with Gasteiger partial charge in [-0.15, -0.1) is 0 Å².